The minimum absolute atomic E-state index is 0.0476. The second kappa shape index (κ2) is 14.9. The molecule has 0 spiro atoms. The molecule has 1 atom stereocenters. The third-order valence-electron chi connectivity index (χ3n) is 7.58. The van der Waals surface area contributed by atoms with Crippen LogP contribution >= 0.6 is 0 Å². The van der Waals surface area contributed by atoms with E-state index in [4.69, 9.17) is 10.2 Å². The maximum Gasteiger partial charge on any atom is 0.336 e. The number of nitrogens with one attached hydrogen (secondary N) is 1. The summed E-state index contributed by atoms with van der Waals surface area (Å²) in [5.41, 5.74) is 4.89. The van der Waals surface area contributed by atoms with Gasteiger partial charge in [-0.05, 0) is 103 Å². The first-order valence-electron chi connectivity index (χ1n) is 14.2. The second-order valence-corrected chi connectivity index (χ2v) is 12.0. The van der Waals surface area contributed by atoms with Crippen LogP contribution in [0.25, 0.3) is 17.2 Å². The number of amides is 1. The van der Waals surface area contributed by atoms with Gasteiger partial charge >= 0.3 is 11.9 Å². The molecule has 3 aromatic rings. The van der Waals surface area contributed by atoms with Crippen LogP contribution in [0.3, 0.4) is 0 Å². The SMILES string of the molecule is CS(=O)c1ccc(C=C2C=C(CC(=O)NCCN3CCCC3)c3ccccc32)cc1.Cc1c(C(=O)O)cc(F)cc1C(=O)O. The van der Waals surface area contributed by atoms with Crippen molar-refractivity contribution in [2.75, 3.05) is 32.4 Å². The summed E-state index contributed by atoms with van der Waals surface area (Å²) in [6, 6.07) is 17.6. The molecular weight excluding hydrogens is 583 g/mol. The number of carboxylic acid groups (broad SMARTS) is 2. The lowest BCUT2D eigenvalue weighted by molar-refractivity contribution is -0.120. The number of carboxylic acids is 2. The van der Waals surface area contributed by atoms with Crippen LogP contribution in [0.1, 0.15) is 62.2 Å². The molecule has 230 valence electrons. The van der Waals surface area contributed by atoms with Gasteiger partial charge in [-0.25, -0.2) is 14.0 Å². The van der Waals surface area contributed by atoms with E-state index in [1.54, 1.807) is 6.26 Å². The Hall–Kier alpha value is -4.41. The highest BCUT2D eigenvalue weighted by Gasteiger charge is 2.20. The Morgan fingerprint density at radius 3 is 2.11 bits per heavy atom. The van der Waals surface area contributed by atoms with Crippen LogP contribution in [-0.2, 0) is 15.6 Å². The molecule has 1 aliphatic heterocycles. The Kier molecular flexibility index (Phi) is 11.0. The van der Waals surface area contributed by atoms with Crippen molar-refractivity contribution in [3.63, 3.8) is 0 Å². The Morgan fingerprint density at radius 1 is 0.955 bits per heavy atom. The molecule has 1 aliphatic carbocycles. The number of rotatable bonds is 9. The van der Waals surface area contributed by atoms with Crippen molar-refractivity contribution in [2.24, 2.45) is 0 Å². The molecule has 0 bridgehead atoms. The van der Waals surface area contributed by atoms with Crippen molar-refractivity contribution in [1.82, 2.24) is 10.2 Å². The molecule has 1 saturated heterocycles. The van der Waals surface area contributed by atoms with E-state index in [2.05, 4.69) is 34.5 Å². The Labute approximate surface area is 258 Å². The number of carbonyl (C=O) groups excluding carboxylic acids is 1. The summed E-state index contributed by atoms with van der Waals surface area (Å²) in [6.07, 6.45) is 8.86. The molecule has 0 radical (unpaired) electrons. The first-order chi connectivity index (χ1) is 21.0. The lowest BCUT2D eigenvalue weighted by atomic mass is 10.0. The van der Waals surface area contributed by atoms with Crippen LogP contribution in [0.5, 0.6) is 0 Å². The fourth-order valence-corrected chi connectivity index (χ4v) is 5.80. The zero-order chi connectivity index (χ0) is 31.8. The summed E-state index contributed by atoms with van der Waals surface area (Å²) < 4.78 is 24.4. The second-order valence-electron chi connectivity index (χ2n) is 10.6. The van der Waals surface area contributed by atoms with Crippen LogP contribution in [0.2, 0.25) is 0 Å². The third kappa shape index (κ3) is 8.36. The van der Waals surface area contributed by atoms with Gasteiger partial charge in [0.05, 0.1) is 17.5 Å². The molecule has 10 heteroatoms. The molecule has 8 nitrogen and oxygen atoms in total. The van der Waals surface area contributed by atoms with Gasteiger partial charge in [0.2, 0.25) is 5.91 Å². The number of benzene rings is 3. The number of aromatic carboxylic acids is 2. The first kappa shape index (κ1) is 32.5. The van der Waals surface area contributed by atoms with Gasteiger partial charge in [-0.2, -0.15) is 0 Å². The average Bonchev–Trinajstić information content (AvgIpc) is 3.63. The molecule has 0 saturated carbocycles. The molecule has 5 rings (SSSR count). The van der Waals surface area contributed by atoms with Crippen molar-refractivity contribution in [3.8, 4) is 0 Å². The minimum atomic E-state index is -1.34. The number of halogens is 1. The molecule has 0 aromatic heterocycles. The molecular formula is C34H35FN2O6S. The predicted octanol–water partition coefficient (Wildman–Crippen LogP) is 5.49. The maximum absolute atomic E-state index is 12.8. The van der Waals surface area contributed by atoms with Gasteiger partial charge in [-0.3, -0.25) is 9.00 Å². The van der Waals surface area contributed by atoms with Gasteiger partial charge < -0.3 is 20.4 Å². The smallest absolute Gasteiger partial charge is 0.336 e. The fraction of sp³-hybridized carbons (Fsp3) is 0.265. The highest BCUT2D eigenvalue weighted by Crippen LogP contribution is 2.38. The van der Waals surface area contributed by atoms with E-state index < -0.39 is 28.6 Å². The highest BCUT2D eigenvalue weighted by molar-refractivity contribution is 7.84. The number of allylic oxidation sites excluding steroid dienone is 2. The highest BCUT2D eigenvalue weighted by atomic mass is 32.2. The van der Waals surface area contributed by atoms with Gasteiger partial charge in [-0.1, -0.05) is 36.4 Å². The number of hydrogen-bond donors (Lipinski definition) is 3. The van der Waals surface area contributed by atoms with E-state index in [0.29, 0.717) is 13.0 Å². The summed E-state index contributed by atoms with van der Waals surface area (Å²) in [5.74, 6) is -3.48. The minimum Gasteiger partial charge on any atom is -0.478 e. The van der Waals surface area contributed by atoms with Gasteiger partial charge in [0.15, 0.2) is 0 Å². The summed E-state index contributed by atoms with van der Waals surface area (Å²) in [4.78, 5) is 36.9. The number of likely N-dealkylation sites (tertiary alicyclic amines) is 1. The number of hydrogen-bond acceptors (Lipinski definition) is 5. The first-order valence-corrected chi connectivity index (χ1v) is 15.8. The van der Waals surface area contributed by atoms with E-state index in [0.717, 1.165) is 64.5 Å². The standard InChI is InChI=1S/C25H28N2O2S.C9H7FO4/c1-30(29)22-10-8-19(9-11-22)16-20-17-21(24-7-3-2-6-23(20)24)18-25(28)26-12-15-27-13-4-5-14-27;1-4-6(8(11)12)2-5(10)3-7(4)9(13)14/h2-3,6-11,16-17H,4-5,12-15,18H2,1H3,(H,26,28);2-3H,1H3,(H,11,12)(H,13,14). The molecule has 1 fully saturated rings. The lowest BCUT2D eigenvalue weighted by Gasteiger charge is -2.14. The number of carbonyl (C=O) groups is 3. The fourth-order valence-electron chi connectivity index (χ4n) is 5.28. The Bertz CT molecular complexity index is 1610. The number of nitrogens with zero attached hydrogens (tertiary/aromatic N) is 1. The molecule has 3 aromatic carbocycles. The largest absolute Gasteiger partial charge is 0.478 e. The van der Waals surface area contributed by atoms with E-state index in [9.17, 15) is 23.0 Å². The van der Waals surface area contributed by atoms with E-state index in [1.807, 2.05) is 36.4 Å². The van der Waals surface area contributed by atoms with Crippen molar-refractivity contribution >= 4 is 45.9 Å². The molecule has 1 unspecified atom stereocenters. The number of fused-ring (bicyclic) bond motifs is 1. The average molecular weight is 619 g/mol. The van der Waals surface area contributed by atoms with Crippen LogP contribution < -0.4 is 5.32 Å². The molecule has 2 aliphatic rings. The normalized spacial score (nSPS) is 15.6. The quantitative estimate of drug-likeness (QED) is 0.290. The third-order valence-corrected chi connectivity index (χ3v) is 8.52. The Balaban J connectivity index is 0.000000265. The summed E-state index contributed by atoms with van der Waals surface area (Å²) in [7, 11) is -0.974. The maximum atomic E-state index is 12.8. The van der Waals surface area contributed by atoms with Gasteiger partial charge in [-0.15, -0.1) is 0 Å². The van der Waals surface area contributed by atoms with Gasteiger partial charge in [0, 0.05) is 35.0 Å². The predicted molar refractivity (Wildman–Crippen MR) is 169 cm³/mol. The van der Waals surface area contributed by atoms with E-state index >= 15 is 0 Å². The van der Waals surface area contributed by atoms with Crippen molar-refractivity contribution < 1.29 is 33.2 Å². The lowest BCUT2D eigenvalue weighted by Crippen LogP contribution is -2.33. The summed E-state index contributed by atoms with van der Waals surface area (Å²) in [5, 5.41) is 20.4. The molecule has 3 N–H and O–H groups in total. The van der Waals surface area contributed by atoms with Crippen LogP contribution in [0.4, 0.5) is 4.39 Å². The topological polar surface area (TPSA) is 124 Å². The van der Waals surface area contributed by atoms with Crippen molar-refractivity contribution in [3.05, 3.63) is 106 Å². The van der Waals surface area contributed by atoms with Crippen LogP contribution in [0.15, 0.2) is 71.6 Å². The van der Waals surface area contributed by atoms with Gasteiger partial charge in [0.25, 0.3) is 0 Å². The Morgan fingerprint density at radius 2 is 1.55 bits per heavy atom. The van der Waals surface area contributed by atoms with Crippen molar-refractivity contribution in [2.45, 2.75) is 31.1 Å². The molecule has 1 amide bonds. The van der Waals surface area contributed by atoms with Gasteiger partial charge in [0.1, 0.15) is 5.82 Å². The van der Waals surface area contributed by atoms with Crippen LogP contribution in [0, 0.1) is 12.7 Å². The monoisotopic (exact) mass is 618 g/mol. The molecule has 1 heterocycles. The van der Waals surface area contributed by atoms with Crippen LogP contribution in [-0.4, -0.2) is 69.6 Å². The van der Waals surface area contributed by atoms with E-state index in [-0.39, 0.29) is 22.6 Å². The molecule has 44 heavy (non-hydrogen) atoms. The zero-order valence-electron chi connectivity index (χ0n) is 24.6. The van der Waals surface area contributed by atoms with E-state index in [1.165, 1.54) is 19.8 Å². The summed E-state index contributed by atoms with van der Waals surface area (Å²) >= 11 is 0. The summed E-state index contributed by atoms with van der Waals surface area (Å²) in [6.45, 7) is 5.27. The van der Waals surface area contributed by atoms with Crippen molar-refractivity contribution in [1.29, 1.82) is 0 Å². The zero-order valence-corrected chi connectivity index (χ0v) is 25.5.